The third-order valence-corrected chi connectivity index (χ3v) is 3.11. The van der Waals surface area contributed by atoms with Gasteiger partial charge in [0, 0.05) is 36.6 Å². The Morgan fingerprint density at radius 2 is 2.05 bits per heavy atom. The minimum atomic E-state index is 0.750. The van der Waals surface area contributed by atoms with Gasteiger partial charge in [0.05, 0.1) is 11.2 Å². The summed E-state index contributed by atoms with van der Waals surface area (Å²) in [7, 11) is 1.87. The molecule has 0 saturated heterocycles. The zero-order chi connectivity index (χ0) is 15.2. The maximum Gasteiger partial charge on any atom is 0.126 e. The highest BCUT2D eigenvalue weighted by Gasteiger charge is 2.08. The first-order valence-electron chi connectivity index (χ1n) is 6.68. The normalized spacial score (nSPS) is 9.86. The summed E-state index contributed by atoms with van der Waals surface area (Å²) < 4.78 is 0. The number of carbonyl (C=O) groups is 1. The fourth-order valence-electron chi connectivity index (χ4n) is 2.15. The lowest BCUT2D eigenvalue weighted by Crippen LogP contribution is -1.92. The highest BCUT2D eigenvalue weighted by molar-refractivity contribution is 5.95. The Balaban J connectivity index is 0.000000497. The van der Waals surface area contributed by atoms with Gasteiger partial charge in [0.1, 0.15) is 12.1 Å². The van der Waals surface area contributed by atoms with Crippen LogP contribution in [0.2, 0.25) is 0 Å². The van der Waals surface area contributed by atoms with Crippen LogP contribution in [0.15, 0.2) is 36.8 Å². The molecule has 0 aromatic carbocycles. The van der Waals surface area contributed by atoms with Crippen LogP contribution in [0.4, 0.5) is 5.82 Å². The third-order valence-electron chi connectivity index (χ3n) is 3.11. The molecule has 0 aliphatic carbocycles. The summed E-state index contributed by atoms with van der Waals surface area (Å²) in [6.45, 7) is 3.45. The van der Waals surface area contributed by atoms with Gasteiger partial charge in [-0.1, -0.05) is 0 Å². The third kappa shape index (κ3) is 3.08. The Bertz CT molecular complexity index is 749. The predicted molar refractivity (Wildman–Crippen MR) is 85.3 cm³/mol. The van der Waals surface area contributed by atoms with Crippen molar-refractivity contribution in [3.05, 3.63) is 42.5 Å². The molecule has 0 atom stereocenters. The number of aryl methyl sites for hydroxylation is 1. The average Bonchev–Trinajstić information content (AvgIpc) is 2.99. The van der Waals surface area contributed by atoms with Crippen LogP contribution in [0.3, 0.4) is 0 Å². The Morgan fingerprint density at radius 1 is 1.29 bits per heavy atom. The summed E-state index contributed by atoms with van der Waals surface area (Å²) in [6, 6.07) is 6.11. The molecule has 3 aromatic rings. The second-order valence-electron chi connectivity index (χ2n) is 4.44. The Kier molecular flexibility index (Phi) is 4.66. The monoisotopic (exact) mass is 282 g/mol. The number of nitrogens with one attached hydrogen (secondary N) is 2. The largest absolute Gasteiger partial charge is 0.373 e. The highest BCUT2D eigenvalue weighted by Crippen LogP contribution is 2.29. The van der Waals surface area contributed by atoms with Gasteiger partial charge in [-0.3, -0.25) is 4.98 Å². The smallest absolute Gasteiger partial charge is 0.126 e. The summed E-state index contributed by atoms with van der Waals surface area (Å²) in [6.07, 6.45) is 6.42. The van der Waals surface area contributed by atoms with Crippen molar-refractivity contribution in [3.63, 3.8) is 0 Å². The molecule has 2 N–H and O–H groups in total. The molecule has 0 spiro atoms. The number of fused-ring (bicyclic) bond motifs is 1. The van der Waals surface area contributed by atoms with Gasteiger partial charge in [0.15, 0.2) is 0 Å². The Labute approximate surface area is 123 Å². The van der Waals surface area contributed by atoms with Crippen molar-refractivity contribution in [2.45, 2.75) is 13.8 Å². The molecule has 0 amide bonds. The van der Waals surface area contributed by atoms with E-state index in [1.165, 1.54) is 12.3 Å². The molecule has 0 radical (unpaired) electrons. The van der Waals surface area contributed by atoms with Crippen LogP contribution in [-0.2, 0) is 4.79 Å². The van der Waals surface area contributed by atoms with Gasteiger partial charge in [0.25, 0.3) is 0 Å². The number of aromatic amines is 1. The number of hydrogen-bond acceptors (Lipinski definition) is 4. The second-order valence-corrected chi connectivity index (χ2v) is 4.44. The van der Waals surface area contributed by atoms with E-state index in [4.69, 9.17) is 4.79 Å². The fourth-order valence-corrected chi connectivity index (χ4v) is 2.15. The highest BCUT2D eigenvalue weighted by atomic mass is 16.1. The zero-order valence-corrected chi connectivity index (χ0v) is 12.3. The van der Waals surface area contributed by atoms with Gasteiger partial charge in [-0.05, 0) is 37.6 Å². The number of rotatable bonds is 2. The van der Waals surface area contributed by atoms with Crippen molar-refractivity contribution < 1.29 is 4.79 Å². The summed E-state index contributed by atoms with van der Waals surface area (Å²) in [5, 5.41) is 4.24. The molecule has 3 rings (SSSR count). The van der Waals surface area contributed by atoms with E-state index in [-0.39, 0.29) is 0 Å². The molecule has 0 bridgehead atoms. The van der Waals surface area contributed by atoms with Gasteiger partial charge >= 0.3 is 0 Å². The van der Waals surface area contributed by atoms with Crippen LogP contribution in [0, 0.1) is 6.92 Å². The lowest BCUT2D eigenvalue weighted by molar-refractivity contribution is -0.106. The lowest BCUT2D eigenvalue weighted by atomic mass is 10.0. The van der Waals surface area contributed by atoms with E-state index in [2.05, 4.69) is 26.3 Å². The topological polar surface area (TPSA) is 70.7 Å². The maximum atomic E-state index is 8.81. The van der Waals surface area contributed by atoms with Crippen LogP contribution >= 0.6 is 0 Å². The number of H-pyrrole nitrogens is 1. The van der Waals surface area contributed by atoms with E-state index in [9.17, 15) is 0 Å². The van der Waals surface area contributed by atoms with Crippen molar-refractivity contribution >= 4 is 23.0 Å². The molecule has 0 saturated carbocycles. The van der Waals surface area contributed by atoms with Crippen LogP contribution in [0.5, 0.6) is 0 Å². The van der Waals surface area contributed by atoms with E-state index in [1.807, 2.05) is 38.5 Å². The standard InChI is InChI=1S/C14H14N4.C2H4O/c1-9-14-11(4-6-17-14)12(8-18-9)10-3-5-16-13(7-10)15-2;1-2-3/h3-8,17H,1-2H3,(H,15,16);2H,1H3. The number of aromatic nitrogens is 3. The molecule has 5 heteroatoms. The van der Waals surface area contributed by atoms with Crippen LogP contribution < -0.4 is 5.32 Å². The van der Waals surface area contributed by atoms with E-state index in [0.29, 0.717) is 0 Å². The van der Waals surface area contributed by atoms with Gasteiger partial charge in [-0.2, -0.15) is 0 Å². The van der Waals surface area contributed by atoms with Crippen molar-refractivity contribution in [1.82, 2.24) is 15.0 Å². The van der Waals surface area contributed by atoms with Gasteiger partial charge < -0.3 is 15.1 Å². The van der Waals surface area contributed by atoms with E-state index in [0.717, 1.165) is 34.4 Å². The molecule has 0 aliphatic heterocycles. The van der Waals surface area contributed by atoms with Crippen molar-refractivity contribution in [2.75, 3.05) is 12.4 Å². The first-order chi connectivity index (χ1) is 10.2. The minimum Gasteiger partial charge on any atom is -0.373 e. The molecular formula is C16H18N4O. The molecule has 108 valence electrons. The molecule has 0 fully saturated rings. The number of aldehydes is 1. The Hall–Kier alpha value is -2.69. The molecule has 0 aliphatic rings. The average molecular weight is 282 g/mol. The molecule has 3 aromatic heterocycles. The van der Waals surface area contributed by atoms with Crippen molar-refractivity contribution in [1.29, 1.82) is 0 Å². The van der Waals surface area contributed by atoms with E-state index < -0.39 is 0 Å². The summed E-state index contributed by atoms with van der Waals surface area (Å²) in [5.74, 6) is 0.858. The molecule has 5 nitrogen and oxygen atoms in total. The first kappa shape index (κ1) is 14.7. The SMILES string of the molecule is CC=O.CNc1cc(-c2cnc(C)c3[nH]ccc23)ccn1. The molecular weight excluding hydrogens is 264 g/mol. The van der Waals surface area contributed by atoms with Crippen molar-refractivity contribution in [2.24, 2.45) is 0 Å². The number of carbonyl (C=O) groups excluding carboxylic acids is 1. The van der Waals surface area contributed by atoms with Gasteiger partial charge in [-0.25, -0.2) is 4.98 Å². The molecule has 0 unspecified atom stereocenters. The molecule has 3 heterocycles. The van der Waals surface area contributed by atoms with E-state index in [1.54, 1.807) is 6.20 Å². The Morgan fingerprint density at radius 3 is 2.76 bits per heavy atom. The summed E-state index contributed by atoms with van der Waals surface area (Å²) in [4.78, 5) is 20.7. The minimum absolute atomic E-state index is 0.750. The van der Waals surface area contributed by atoms with Crippen LogP contribution in [0.25, 0.3) is 22.0 Å². The van der Waals surface area contributed by atoms with Crippen molar-refractivity contribution in [3.8, 4) is 11.1 Å². The predicted octanol–water partition coefficient (Wildman–Crippen LogP) is 3.18. The zero-order valence-electron chi connectivity index (χ0n) is 12.3. The second kappa shape index (κ2) is 6.65. The number of pyridine rings is 2. The van der Waals surface area contributed by atoms with E-state index >= 15 is 0 Å². The van der Waals surface area contributed by atoms with Gasteiger partial charge in [0.2, 0.25) is 0 Å². The quantitative estimate of drug-likeness (QED) is 0.708. The fraction of sp³-hybridized carbons (Fsp3) is 0.188. The lowest BCUT2D eigenvalue weighted by Gasteiger charge is -2.06. The van der Waals surface area contributed by atoms with Crippen LogP contribution in [0.1, 0.15) is 12.6 Å². The number of nitrogens with zero attached hydrogens (tertiary/aromatic N) is 2. The number of anilines is 1. The van der Waals surface area contributed by atoms with Gasteiger partial charge in [-0.15, -0.1) is 0 Å². The first-order valence-corrected chi connectivity index (χ1v) is 6.68. The summed E-state index contributed by atoms with van der Waals surface area (Å²) >= 11 is 0. The maximum absolute atomic E-state index is 8.81. The summed E-state index contributed by atoms with van der Waals surface area (Å²) in [5.41, 5.74) is 4.35. The molecule has 21 heavy (non-hydrogen) atoms. The van der Waals surface area contributed by atoms with Crippen LogP contribution in [-0.4, -0.2) is 28.3 Å². The number of hydrogen-bond donors (Lipinski definition) is 2.